The van der Waals surface area contributed by atoms with Gasteiger partial charge in [-0.05, 0) is 48.2 Å². The van der Waals surface area contributed by atoms with Gasteiger partial charge >= 0.3 is 0 Å². The van der Waals surface area contributed by atoms with E-state index in [-0.39, 0.29) is 5.91 Å². The highest BCUT2D eigenvalue weighted by Crippen LogP contribution is 2.16. The van der Waals surface area contributed by atoms with E-state index >= 15 is 0 Å². The van der Waals surface area contributed by atoms with Gasteiger partial charge in [-0.15, -0.1) is 11.3 Å². The third-order valence-electron chi connectivity index (χ3n) is 3.67. The van der Waals surface area contributed by atoms with Gasteiger partial charge in [-0.3, -0.25) is 4.79 Å². The van der Waals surface area contributed by atoms with Crippen LogP contribution in [-0.2, 0) is 4.79 Å². The van der Waals surface area contributed by atoms with Gasteiger partial charge < -0.3 is 10.1 Å². The van der Waals surface area contributed by atoms with Crippen LogP contribution in [0, 0.1) is 11.8 Å². The maximum Gasteiger partial charge on any atom is 0.265 e. The van der Waals surface area contributed by atoms with Gasteiger partial charge in [0.1, 0.15) is 5.75 Å². The molecule has 3 rings (SSSR count). The largest absolute Gasteiger partial charge is 0.481 e. The van der Waals surface area contributed by atoms with Crippen LogP contribution >= 0.6 is 11.3 Å². The Labute approximate surface area is 157 Å². The third-order valence-corrected chi connectivity index (χ3v) is 4.45. The first-order chi connectivity index (χ1) is 12.7. The number of carbonyl (C=O) groups is 1. The van der Waals surface area contributed by atoms with Gasteiger partial charge in [0.15, 0.2) is 6.10 Å². The van der Waals surface area contributed by atoms with Gasteiger partial charge in [-0.1, -0.05) is 49.1 Å². The SMILES string of the molecule is CCC(Oc1ccccc1)C(=O)Nc1cccc(C#Cc2cccs2)c1. The van der Waals surface area contributed by atoms with Crippen molar-refractivity contribution in [2.75, 3.05) is 5.32 Å². The highest BCUT2D eigenvalue weighted by Gasteiger charge is 2.18. The van der Waals surface area contributed by atoms with Crippen molar-refractivity contribution in [1.29, 1.82) is 0 Å². The molecule has 1 atom stereocenters. The molecule has 0 radical (unpaired) electrons. The van der Waals surface area contributed by atoms with Crippen LogP contribution in [0.15, 0.2) is 72.1 Å². The third kappa shape index (κ3) is 4.98. The molecular formula is C22H19NO2S. The minimum absolute atomic E-state index is 0.167. The van der Waals surface area contributed by atoms with E-state index in [0.717, 1.165) is 10.4 Å². The number of thiophene rings is 1. The topological polar surface area (TPSA) is 38.3 Å². The number of amides is 1. The number of para-hydroxylation sites is 1. The summed E-state index contributed by atoms with van der Waals surface area (Å²) in [6, 6.07) is 20.9. The summed E-state index contributed by atoms with van der Waals surface area (Å²) in [4.78, 5) is 13.5. The minimum Gasteiger partial charge on any atom is -0.481 e. The summed E-state index contributed by atoms with van der Waals surface area (Å²) in [5, 5.41) is 4.92. The van der Waals surface area contributed by atoms with E-state index in [1.54, 1.807) is 11.3 Å². The molecule has 3 aromatic rings. The second kappa shape index (κ2) is 8.89. The molecule has 4 heteroatoms. The zero-order valence-corrected chi connectivity index (χ0v) is 15.3. The molecular weight excluding hydrogens is 342 g/mol. The highest BCUT2D eigenvalue weighted by molar-refractivity contribution is 7.10. The lowest BCUT2D eigenvalue weighted by Gasteiger charge is -2.17. The number of anilines is 1. The Bertz CT molecular complexity index is 908. The van der Waals surface area contributed by atoms with Crippen LogP contribution in [0.1, 0.15) is 23.8 Å². The van der Waals surface area contributed by atoms with Crippen molar-refractivity contribution in [2.45, 2.75) is 19.4 Å². The first kappa shape index (κ1) is 17.8. The Morgan fingerprint density at radius 1 is 1.08 bits per heavy atom. The van der Waals surface area contributed by atoms with E-state index in [9.17, 15) is 4.79 Å². The van der Waals surface area contributed by atoms with Crippen molar-refractivity contribution in [3.8, 4) is 17.6 Å². The molecule has 1 N–H and O–H groups in total. The molecule has 0 bridgehead atoms. The molecule has 0 aliphatic heterocycles. The Balaban J connectivity index is 1.67. The van der Waals surface area contributed by atoms with Crippen LogP contribution in [0.3, 0.4) is 0 Å². The molecule has 1 unspecified atom stereocenters. The maximum absolute atomic E-state index is 12.5. The van der Waals surface area contributed by atoms with Crippen LogP contribution in [0.2, 0.25) is 0 Å². The van der Waals surface area contributed by atoms with E-state index in [0.29, 0.717) is 17.9 Å². The zero-order valence-electron chi connectivity index (χ0n) is 14.4. The summed E-state index contributed by atoms with van der Waals surface area (Å²) in [6.07, 6.45) is 0.0387. The summed E-state index contributed by atoms with van der Waals surface area (Å²) in [7, 11) is 0. The number of hydrogen-bond donors (Lipinski definition) is 1. The molecule has 0 saturated carbocycles. The molecule has 0 aliphatic carbocycles. The Kier molecular flexibility index (Phi) is 6.08. The fourth-order valence-electron chi connectivity index (χ4n) is 2.37. The lowest BCUT2D eigenvalue weighted by atomic mass is 10.2. The van der Waals surface area contributed by atoms with Crippen molar-refractivity contribution in [2.24, 2.45) is 0 Å². The van der Waals surface area contributed by atoms with Crippen molar-refractivity contribution in [3.63, 3.8) is 0 Å². The standard InChI is InChI=1S/C22H19NO2S/c1-2-21(25-19-10-4-3-5-11-19)22(24)23-18-9-6-8-17(16-18)13-14-20-12-7-15-26-20/h3-12,15-16,21H,2H2,1H3,(H,23,24). The molecule has 0 saturated heterocycles. The average Bonchev–Trinajstić information content (AvgIpc) is 3.19. The van der Waals surface area contributed by atoms with Crippen LogP contribution < -0.4 is 10.1 Å². The van der Waals surface area contributed by atoms with E-state index in [4.69, 9.17) is 4.74 Å². The maximum atomic E-state index is 12.5. The van der Waals surface area contributed by atoms with Crippen LogP contribution in [-0.4, -0.2) is 12.0 Å². The Morgan fingerprint density at radius 3 is 2.65 bits per heavy atom. The molecule has 1 amide bonds. The molecule has 0 spiro atoms. The summed E-state index contributed by atoms with van der Waals surface area (Å²) in [5.74, 6) is 6.76. The zero-order chi connectivity index (χ0) is 18.2. The molecule has 0 fully saturated rings. The predicted molar refractivity (Wildman–Crippen MR) is 107 cm³/mol. The number of ether oxygens (including phenoxy) is 1. The summed E-state index contributed by atoms with van der Waals surface area (Å²) >= 11 is 1.60. The fraction of sp³-hybridized carbons (Fsp3) is 0.136. The first-order valence-electron chi connectivity index (χ1n) is 8.43. The van der Waals surface area contributed by atoms with Crippen molar-refractivity contribution in [3.05, 3.63) is 82.6 Å². The molecule has 3 nitrogen and oxygen atoms in total. The van der Waals surface area contributed by atoms with Crippen molar-refractivity contribution in [1.82, 2.24) is 0 Å². The molecule has 1 aromatic heterocycles. The molecule has 26 heavy (non-hydrogen) atoms. The minimum atomic E-state index is -0.543. The van der Waals surface area contributed by atoms with Crippen molar-refractivity contribution >= 4 is 22.9 Å². The number of benzene rings is 2. The highest BCUT2D eigenvalue weighted by atomic mass is 32.1. The number of nitrogens with one attached hydrogen (secondary N) is 1. The number of rotatable bonds is 5. The van der Waals surface area contributed by atoms with Gasteiger partial charge in [0.25, 0.3) is 5.91 Å². The van der Waals surface area contributed by atoms with Gasteiger partial charge in [-0.25, -0.2) is 0 Å². The van der Waals surface area contributed by atoms with Crippen molar-refractivity contribution < 1.29 is 9.53 Å². The van der Waals surface area contributed by atoms with E-state index in [1.165, 1.54) is 0 Å². The molecule has 1 heterocycles. The summed E-state index contributed by atoms with van der Waals surface area (Å²) in [6.45, 7) is 1.93. The van der Waals surface area contributed by atoms with E-state index in [1.807, 2.05) is 79.0 Å². The van der Waals surface area contributed by atoms with Crippen LogP contribution in [0.25, 0.3) is 0 Å². The normalized spacial score (nSPS) is 11.1. The number of hydrogen-bond acceptors (Lipinski definition) is 3. The van der Waals surface area contributed by atoms with Gasteiger partial charge in [0, 0.05) is 11.3 Å². The summed E-state index contributed by atoms with van der Waals surface area (Å²) in [5.41, 5.74) is 1.57. The predicted octanol–water partition coefficient (Wildman–Crippen LogP) is 4.94. The number of carbonyl (C=O) groups excluding carboxylic acids is 1. The lowest BCUT2D eigenvalue weighted by Crippen LogP contribution is -2.32. The van der Waals surface area contributed by atoms with Gasteiger partial charge in [-0.2, -0.15) is 0 Å². The Morgan fingerprint density at radius 2 is 1.92 bits per heavy atom. The van der Waals surface area contributed by atoms with E-state index in [2.05, 4.69) is 17.2 Å². The second-order valence-corrected chi connectivity index (χ2v) is 6.57. The van der Waals surface area contributed by atoms with Crippen LogP contribution in [0.4, 0.5) is 5.69 Å². The average molecular weight is 361 g/mol. The lowest BCUT2D eigenvalue weighted by molar-refractivity contribution is -0.122. The summed E-state index contributed by atoms with van der Waals surface area (Å²) < 4.78 is 5.79. The fourth-order valence-corrected chi connectivity index (χ4v) is 2.94. The Hall–Kier alpha value is -3.03. The molecule has 130 valence electrons. The first-order valence-corrected chi connectivity index (χ1v) is 9.30. The molecule has 2 aromatic carbocycles. The second-order valence-electron chi connectivity index (χ2n) is 5.63. The van der Waals surface area contributed by atoms with Gasteiger partial charge in [0.05, 0.1) is 4.88 Å². The van der Waals surface area contributed by atoms with Gasteiger partial charge in [0.2, 0.25) is 0 Å². The van der Waals surface area contributed by atoms with E-state index < -0.39 is 6.10 Å². The van der Waals surface area contributed by atoms with Crippen LogP contribution in [0.5, 0.6) is 5.75 Å². The quantitative estimate of drug-likeness (QED) is 0.654. The monoisotopic (exact) mass is 361 g/mol. The smallest absolute Gasteiger partial charge is 0.265 e. The molecule has 0 aliphatic rings.